The van der Waals surface area contributed by atoms with Crippen LogP contribution in [0, 0.1) is 0 Å². The first-order valence-corrected chi connectivity index (χ1v) is 7.84. The highest BCUT2D eigenvalue weighted by molar-refractivity contribution is 5.76. The maximum Gasteiger partial charge on any atom is 0.410 e. The molecule has 1 fully saturated rings. The number of piperidine rings is 1. The molecule has 1 atom stereocenters. The Morgan fingerprint density at radius 1 is 1.45 bits per heavy atom. The minimum atomic E-state index is -0.449. The van der Waals surface area contributed by atoms with E-state index in [9.17, 15) is 4.79 Å². The Morgan fingerprint density at radius 3 is 3.00 bits per heavy atom. The average molecular weight is 301 g/mol. The largest absolute Gasteiger partial charge is 0.444 e. The second-order valence-electron chi connectivity index (χ2n) is 6.93. The van der Waals surface area contributed by atoms with Gasteiger partial charge in [-0.1, -0.05) is 0 Å². The zero-order chi connectivity index (χ0) is 15.7. The molecule has 0 aliphatic carbocycles. The van der Waals surface area contributed by atoms with E-state index in [0.717, 1.165) is 36.1 Å². The van der Waals surface area contributed by atoms with Crippen LogP contribution in [0.15, 0.2) is 24.4 Å². The van der Waals surface area contributed by atoms with Crippen LogP contribution in [0.2, 0.25) is 0 Å². The van der Waals surface area contributed by atoms with Crippen molar-refractivity contribution in [1.29, 1.82) is 0 Å². The van der Waals surface area contributed by atoms with E-state index in [2.05, 4.69) is 22.1 Å². The number of hydrogen-bond donors (Lipinski definition) is 1. The maximum atomic E-state index is 12.2. The van der Waals surface area contributed by atoms with Gasteiger partial charge < -0.3 is 14.6 Å². The lowest BCUT2D eigenvalue weighted by molar-refractivity contribution is 0.0197. The Bertz CT molecular complexity index is 639. The number of aromatic amines is 1. The van der Waals surface area contributed by atoms with Crippen LogP contribution >= 0.6 is 0 Å². The van der Waals surface area contributed by atoms with Gasteiger partial charge >= 0.3 is 6.09 Å². The van der Waals surface area contributed by atoms with Gasteiger partial charge in [0, 0.05) is 36.3 Å². The van der Waals surface area contributed by atoms with E-state index in [1.54, 1.807) is 6.20 Å². The Morgan fingerprint density at radius 2 is 2.27 bits per heavy atom. The number of aromatic nitrogens is 2. The number of fused-ring (bicyclic) bond motifs is 1. The molecule has 0 spiro atoms. The minimum Gasteiger partial charge on any atom is -0.444 e. The maximum absolute atomic E-state index is 12.2. The molecule has 0 radical (unpaired) electrons. The number of nitrogens with zero attached hydrogens (tertiary/aromatic N) is 2. The van der Waals surface area contributed by atoms with E-state index in [0.29, 0.717) is 12.5 Å². The second-order valence-corrected chi connectivity index (χ2v) is 6.93. The van der Waals surface area contributed by atoms with Crippen LogP contribution in [-0.4, -0.2) is 39.7 Å². The first kappa shape index (κ1) is 14.9. The molecule has 5 heteroatoms. The van der Waals surface area contributed by atoms with Gasteiger partial charge in [0.25, 0.3) is 0 Å². The number of ether oxygens (including phenoxy) is 1. The van der Waals surface area contributed by atoms with Crippen molar-refractivity contribution < 1.29 is 9.53 Å². The molecule has 2 aromatic rings. The van der Waals surface area contributed by atoms with E-state index >= 15 is 0 Å². The van der Waals surface area contributed by atoms with Crippen molar-refractivity contribution in [3.05, 3.63) is 30.1 Å². The first-order valence-electron chi connectivity index (χ1n) is 7.84. The fourth-order valence-corrected chi connectivity index (χ4v) is 2.92. The predicted octanol–water partition coefficient (Wildman–Crippen LogP) is 3.68. The van der Waals surface area contributed by atoms with Crippen LogP contribution in [0.25, 0.3) is 11.0 Å². The van der Waals surface area contributed by atoms with Crippen LogP contribution in [0.1, 0.15) is 45.2 Å². The Balaban J connectivity index is 1.74. The summed E-state index contributed by atoms with van der Waals surface area (Å²) < 4.78 is 5.48. The van der Waals surface area contributed by atoms with Gasteiger partial charge in [0.05, 0.1) is 0 Å². The molecule has 1 unspecified atom stereocenters. The molecule has 22 heavy (non-hydrogen) atoms. The van der Waals surface area contributed by atoms with Crippen LogP contribution in [0.4, 0.5) is 4.79 Å². The summed E-state index contributed by atoms with van der Waals surface area (Å²) >= 11 is 0. The summed E-state index contributed by atoms with van der Waals surface area (Å²) in [6.07, 6.45) is 3.64. The fraction of sp³-hybridized carbons (Fsp3) is 0.529. The monoisotopic (exact) mass is 301 g/mol. The van der Waals surface area contributed by atoms with Gasteiger partial charge in [-0.2, -0.15) is 0 Å². The number of carbonyl (C=O) groups excluding carboxylic acids is 1. The molecule has 2 aromatic heterocycles. The highest BCUT2D eigenvalue weighted by atomic mass is 16.6. The number of pyridine rings is 1. The van der Waals surface area contributed by atoms with E-state index in [1.807, 2.05) is 31.7 Å². The van der Waals surface area contributed by atoms with Crippen molar-refractivity contribution in [3.8, 4) is 0 Å². The summed E-state index contributed by atoms with van der Waals surface area (Å²) in [6, 6.07) is 6.14. The van der Waals surface area contributed by atoms with Gasteiger partial charge in [-0.15, -0.1) is 0 Å². The quantitative estimate of drug-likeness (QED) is 0.874. The summed E-state index contributed by atoms with van der Waals surface area (Å²) in [7, 11) is 0. The predicted molar refractivity (Wildman–Crippen MR) is 85.9 cm³/mol. The average Bonchev–Trinajstić information content (AvgIpc) is 2.89. The number of hydrogen-bond acceptors (Lipinski definition) is 3. The van der Waals surface area contributed by atoms with Gasteiger partial charge in [-0.25, -0.2) is 9.78 Å². The summed E-state index contributed by atoms with van der Waals surface area (Å²) in [6.45, 7) is 7.16. The molecule has 1 aliphatic rings. The normalized spacial score (nSPS) is 19.4. The fourth-order valence-electron chi connectivity index (χ4n) is 2.92. The standard InChI is InChI=1S/C17H23N3O2/c1-17(2,3)22-16(21)20-9-5-7-13(11-20)14-10-12-6-4-8-18-15(12)19-14/h4,6,8,10,13H,5,7,9,11H2,1-3H3,(H,18,19). The Kier molecular flexibility index (Phi) is 3.81. The number of amides is 1. The molecule has 1 saturated heterocycles. The van der Waals surface area contributed by atoms with Crippen molar-refractivity contribution in [1.82, 2.24) is 14.9 Å². The second kappa shape index (κ2) is 5.63. The molecule has 118 valence electrons. The number of carbonyl (C=O) groups is 1. The number of nitrogens with one attached hydrogen (secondary N) is 1. The molecule has 5 nitrogen and oxygen atoms in total. The van der Waals surface area contributed by atoms with Gasteiger partial charge in [-0.3, -0.25) is 0 Å². The molecule has 0 saturated carbocycles. The van der Waals surface area contributed by atoms with Gasteiger partial charge in [0.2, 0.25) is 0 Å². The van der Waals surface area contributed by atoms with Crippen molar-refractivity contribution >= 4 is 17.1 Å². The number of H-pyrrole nitrogens is 1. The molecular weight excluding hydrogens is 278 g/mol. The highest BCUT2D eigenvalue weighted by Gasteiger charge is 2.29. The van der Waals surface area contributed by atoms with Crippen molar-refractivity contribution in [2.45, 2.75) is 45.1 Å². The van der Waals surface area contributed by atoms with Crippen LogP contribution in [-0.2, 0) is 4.74 Å². The molecule has 0 aromatic carbocycles. The topological polar surface area (TPSA) is 58.2 Å². The SMILES string of the molecule is CC(C)(C)OC(=O)N1CCCC(c2cc3cccnc3[nH]2)C1. The van der Waals surface area contributed by atoms with Crippen LogP contribution in [0.3, 0.4) is 0 Å². The van der Waals surface area contributed by atoms with Crippen LogP contribution < -0.4 is 0 Å². The Labute approximate surface area is 130 Å². The van der Waals surface area contributed by atoms with Crippen LogP contribution in [0.5, 0.6) is 0 Å². The molecule has 3 heterocycles. The van der Waals surface area contributed by atoms with E-state index in [4.69, 9.17) is 4.74 Å². The van der Waals surface area contributed by atoms with Gasteiger partial charge in [-0.05, 0) is 51.8 Å². The third-order valence-corrected chi connectivity index (χ3v) is 3.93. The summed E-state index contributed by atoms with van der Waals surface area (Å²) in [5.41, 5.74) is 1.61. The van der Waals surface area contributed by atoms with Crippen molar-refractivity contribution in [2.75, 3.05) is 13.1 Å². The summed E-state index contributed by atoms with van der Waals surface area (Å²) in [5, 5.41) is 1.12. The molecule has 3 rings (SSSR count). The highest BCUT2D eigenvalue weighted by Crippen LogP contribution is 2.29. The minimum absolute atomic E-state index is 0.216. The molecule has 0 bridgehead atoms. The lowest BCUT2D eigenvalue weighted by atomic mass is 9.95. The van der Waals surface area contributed by atoms with E-state index < -0.39 is 5.60 Å². The summed E-state index contributed by atoms with van der Waals surface area (Å²) in [5.74, 6) is 0.315. The van der Waals surface area contributed by atoms with Gasteiger partial charge in [0.15, 0.2) is 0 Å². The van der Waals surface area contributed by atoms with E-state index in [1.165, 1.54) is 0 Å². The van der Waals surface area contributed by atoms with E-state index in [-0.39, 0.29) is 6.09 Å². The van der Waals surface area contributed by atoms with Crippen molar-refractivity contribution in [2.24, 2.45) is 0 Å². The van der Waals surface area contributed by atoms with Gasteiger partial charge in [0.1, 0.15) is 11.2 Å². The number of rotatable bonds is 1. The lowest BCUT2D eigenvalue weighted by Crippen LogP contribution is -2.42. The lowest BCUT2D eigenvalue weighted by Gasteiger charge is -2.33. The zero-order valence-corrected chi connectivity index (χ0v) is 13.4. The molecular formula is C17H23N3O2. The third-order valence-electron chi connectivity index (χ3n) is 3.93. The first-order chi connectivity index (χ1) is 10.4. The molecule has 1 N–H and O–H groups in total. The summed E-state index contributed by atoms with van der Waals surface area (Å²) in [4.78, 5) is 21.8. The number of likely N-dealkylation sites (tertiary alicyclic amines) is 1. The zero-order valence-electron chi connectivity index (χ0n) is 13.4. The Hall–Kier alpha value is -2.04. The molecule has 1 amide bonds. The molecule has 1 aliphatic heterocycles. The van der Waals surface area contributed by atoms with Crippen molar-refractivity contribution in [3.63, 3.8) is 0 Å². The third kappa shape index (κ3) is 3.24. The smallest absolute Gasteiger partial charge is 0.410 e.